The van der Waals surface area contributed by atoms with Gasteiger partial charge in [-0.1, -0.05) is 0 Å². The van der Waals surface area contributed by atoms with Crippen molar-refractivity contribution in [3.8, 4) is 0 Å². The van der Waals surface area contributed by atoms with Crippen LogP contribution in [0.5, 0.6) is 0 Å². The van der Waals surface area contributed by atoms with Crippen LogP contribution in [0.1, 0.15) is 37.0 Å². The Hall–Kier alpha value is -1.82. The van der Waals surface area contributed by atoms with Gasteiger partial charge in [-0.2, -0.15) is 0 Å². The minimum Gasteiger partial charge on any atom is -0.466 e. The van der Waals surface area contributed by atoms with E-state index in [4.69, 9.17) is 14.9 Å². The summed E-state index contributed by atoms with van der Waals surface area (Å²) < 4.78 is 10.1. The number of esters is 1. The fourth-order valence-electron chi connectivity index (χ4n) is 1.80. The molecule has 0 radical (unpaired) electrons. The zero-order valence-electron chi connectivity index (χ0n) is 11.6. The van der Waals surface area contributed by atoms with Crippen molar-refractivity contribution in [2.45, 2.75) is 39.8 Å². The summed E-state index contributed by atoms with van der Waals surface area (Å²) in [5.41, 5.74) is 6.37. The van der Waals surface area contributed by atoms with Gasteiger partial charge in [-0.15, -0.1) is 0 Å². The van der Waals surface area contributed by atoms with Gasteiger partial charge < -0.3 is 20.2 Å². The molecule has 3 N–H and O–H groups in total. The maximum absolute atomic E-state index is 11.8. The molecule has 2 atom stereocenters. The zero-order chi connectivity index (χ0) is 14.6. The lowest BCUT2D eigenvalue weighted by Crippen LogP contribution is -2.47. The number of aryl methyl sites for hydroxylation is 2. The van der Waals surface area contributed by atoms with Gasteiger partial charge in [-0.3, -0.25) is 4.79 Å². The van der Waals surface area contributed by atoms with Crippen LogP contribution in [-0.2, 0) is 14.3 Å². The van der Waals surface area contributed by atoms with Crippen molar-refractivity contribution >= 4 is 11.9 Å². The third-order valence-electron chi connectivity index (χ3n) is 2.73. The highest BCUT2D eigenvalue weighted by Gasteiger charge is 2.25. The van der Waals surface area contributed by atoms with E-state index in [1.807, 2.05) is 19.9 Å². The summed E-state index contributed by atoms with van der Waals surface area (Å²) in [6.07, 6.45) is 0. The Morgan fingerprint density at radius 2 is 2.11 bits per heavy atom. The molecule has 0 saturated heterocycles. The van der Waals surface area contributed by atoms with Crippen LogP contribution >= 0.6 is 0 Å². The molecule has 6 nitrogen and oxygen atoms in total. The lowest BCUT2D eigenvalue weighted by molar-refractivity contribution is -0.148. The van der Waals surface area contributed by atoms with Gasteiger partial charge >= 0.3 is 5.97 Å². The van der Waals surface area contributed by atoms with Gasteiger partial charge in [-0.05, 0) is 33.8 Å². The smallest absolute Gasteiger partial charge is 0.332 e. The average Bonchev–Trinajstić information content (AvgIpc) is 2.67. The molecule has 1 amide bonds. The Kier molecular flexibility index (Phi) is 5.11. The molecular formula is C13H20N2O4. The summed E-state index contributed by atoms with van der Waals surface area (Å²) in [5, 5.41) is 2.66. The number of rotatable bonds is 5. The van der Waals surface area contributed by atoms with Crippen LogP contribution in [0.2, 0.25) is 0 Å². The van der Waals surface area contributed by atoms with Gasteiger partial charge in [0.25, 0.3) is 0 Å². The van der Waals surface area contributed by atoms with Gasteiger partial charge in [0.05, 0.1) is 12.6 Å². The summed E-state index contributed by atoms with van der Waals surface area (Å²) in [6.45, 7) is 7.29. The van der Waals surface area contributed by atoms with Crippen LogP contribution in [0, 0.1) is 13.8 Å². The molecule has 19 heavy (non-hydrogen) atoms. The summed E-state index contributed by atoms with van der Waals surface area (Å²) in [7, 11) is 0. The first-order valence-corrected chi connectivity index (χ1v) is 6.16. The van der Waals surface area contributed by atoms with Crippen LogP contribution in [0.25, 0.3) is 0 Å². The average molecular weight is 268 g/mol. The molecular weight excluding hydrogens is 248 g/mol. The highest BCUT2D eigenvalue weighted by molar-refractivity contribution is 6.01. The van der Waals surface area contributed by atoms with E-state index in [2.05, 4.69) is 5.32 Å². The van der Waals surface area contributed by atoms with Crippen LogP contribution in [0.15, 0.2) is 10.5 Å². The fraction of sp³-hybridized carbons (Fsp3) is 0.538. The highest BCUT2D eigenvalue weighted by Crippen LogP contribution is 2.21. The van der Waals surface area contributed by atoms with Gasteiger partial charge in [0.2, 0.25) is 5.91 Å². The molecule has 0 spiro atoms. The molecule has 0 fully saturated rings. The Morgan fingerprint density at radius 3 is 2.58 bits per heavy atom. The van der Waals surface area contributed by atoms with E-state index in [0.717, 1.165) is 17.1 Å². The number of carbonyl (C=O) groups excluding carboxylic acids is 2. The molecule has 1 rings (SSSR count). The van der Waals surface area contributed by atoms with Crippen molar-refractivity contribution in [2.75, 3.05) is 6.61 Å². The monoisotopic (exact) mass is 268 g/mol. The van der Waals surface area contributed by atoms with E-state index in [1.54, 1.807) is 13.8 Å². The maximum Gasteiger partial charge on any atom is 0.332 e. The number of nitrogens with one attached hydrogen (secondary N) is 1. The molecule has 0 aliphatic carbocycles. The molecule has 0 aliphatic rings. The van der Waals surface area contributed by atoms with Gasteiger partial charge in [-0.25, -0.2) is 4.79 Å². The summed E-state index contributed by atoms with van der Waals surface area (Å²) in [6, 6.07) is 0.247. The predicted molar refractivity (Wildman–Crippen MR) is 69.3 cm³/mol. The van der Waals surface area contributed by atoms with Crippen molar-refractivity contribution < 1.29 is 18.7 Å². The first kappa shape index (κ1) is 15.2. The lowest BCUT2D eigenvalue weighted by atomic mass is 10.1. The SMILES string of the molecule is CCOC(=O)C(N)C(=O)NC(C)c1cc(C)oc1C. The Morgan fingerprint density at radius 1 is 1.47 bits per heavy atom. The quantitative estimate of drug-likeness (QED) is 0.612. The number of hydrogen-bond acceptors (Lipinski definition) is 5. The molecule has 1 heterocycles. The summed E-state index contributed by atoms with van der Waals surface area (Å²) in [5.74, 6) is 0.204. The highest BCUT2D eigenvalue weighted by atomic mass is 16.5. The van der Waals surface area contributed by atoms with E-state index in [9.17, 15) is 9.59 Å². The Bertz CT molecular complexity index is 467. The number of carbonyl (C=O) groups is 2. The van der Waals surface area contributed by atoms with Crippen molar-refractivity contribution in [3.05, 3.63) is 23.2 Å². The molecule has 6 heteroatoms. The second-order valence-electron chi connectivity index (χ2n) is 4.33. The fourth-order valence-corrected chi connectivity index (χ4v) is 1.80. The summed E-state index contributed by atoms with van der Waals surface area (Å²) in [4.78, 5) is 23.1. The van der Waals surface area contributed by atoms with E-state index < -0.39 is 17.9 Å². The number of nitrogens with two attached hydrogens (primary N) is 1. The van der Waals surface area contributed by atoms with Crippen molar-refractivity contribution in [2.24, 2.45) is 5.73 Å². The Labute approximate surface area is 112 Å². The number of amides is 1. The topological polar surface area (TPSA) is 94.6 Å². The molecule has 0 saturated carbocycles. The Balaban J connectivity index is 2.66. The first-order valence-electron chi connectivity index (χ1n) is 6.16. The predicted octanol–water partition coefficient (Wildman–Crippen LogP) is 0.964. The zero-order valence-corrected chi connectivity index (χ0v) is 11.6. The summed E-state index contributed by atoms with van der Waals surface area (Å²) >= 11 is 0. The van der Waals surface area contributed by atoms with Crippen LogP contribution < -0.4 is 11.1 Å². The largest absolute Gasteiger partial charge is 0.466 e. The third kappa shape index (κ3) is 3.82. The second-order valence-corrected chi connectivity index (χ2v) is 4.33. The van der Waals surface area contributed by atoms with E-state index in [-0.39, 0.29) is 12.6 Å². The van der Waals surface area contributed by atoms with E-state index >= 15 is 0 Å². The minimum atomic E-state index is -1.31. The molecule has 1 aromatic heterocycles. The molecule has 0 aliphatic heterocycles. The number of furan rings is 1. The normalized spacial score (nSPS) is 13.7. The van der Waals surface area contributed by atoms with Crippen molar-refractivity contribution in [1.82, 2.24) is 5.32 Å². The molecule has 106 valence electrons. The lowest BCUT2D eigenvalue weighted by Gasteiger charge is -2.16. The number of hydrogen-bond donors (Lipinski definition) is 2. The van der Waals surface area contributed by atoms with Crippen LogP contribution in [0.3, 0.4) is 0 Å². The second kappa shape index (κ2) is 6.38. The molecule has 0 bridgehead atoms. The molecule has 2 unspecified atom stereocenters. The molecule has 0 aromatic carbocycles. The molecule has 1 aromatic rings. The van der Waals surface area contributed by atoms with Crippen LogP contribution in [0.4, 0.5) is 0 Å². The standard InChI is InChI=1S/C13H20N2O4/c1-5-18-13(17)11(14)12(16)15-8(3)10-6-7(2)19-9(10)4/h6,8,11H,5,14H2,1-4H3,(H,15,16). The van der Waals surface area contributed by atoms with E-state index in [1.165, 1.54) is 0 Å². The third-order valence-corrected chi connectivity index (χ3v) is 2.73. The van der Waals surface area contributed by atoms with Crippen molar-refractivity contribution in [1.29, 1.82) is 0 Å². The van der Waals surface area contributed by atoms with Gasteiger partial charge in [0.15, 0.2) is 6.04 Å². The number of ether oxygens (including phenoxy) is 1. The van der Waals surface area contributed by atoms with Gasteiger partial charge in [0.1, 0.15) is 11.5 Å². The maximum atomic E-state index is 11.8. The van der Waals surface area contributed by atoms with Crippen molar-refractivity contribution in [3.63, 3.8) is 0 Å². The van der Waals surface area contributed by atoms with E-state index in [0.29, 0.717) is 0 Å². The first-order chi connectivity index (χ1) is 8.86. The minimum absolute atomic E-state index is 0.190. The van der Waals surface area contributed by atoms with Crippen LogP contribution in [-0.4, -0.2) is 24.5 Å². The van der Waals surface area contributed by atoms with Gasteiger partial charge in [0, 0.05) is 5.56 Å².